The van der Waals surface area contributed by atoms with Crippen LogP contribution in [0.4, 0.5) is 0 Å². The molecule has 0 aliphatic heterocycles. The lowest BCUT2D eigenvalue weighted by molar-refractivity contribution is -0.893. The third kappa shape index (κ3) is 6.80. The molecule has 0 amide bonds. The molecule has 1 nitrogen and oxygen atoms in total. The minimum atomic E-state index is 0.951. The Morgan fingerprint density at radius 2 is 1.69 bits per heavy atom. The van der Waals surface area contributed by atoms with Crippen LogP contribution in [-0.2, 0) is 0 Å². The molecule has 0 N–H and O–H groups in total. The van der Waals surface area contributed by atoms with Crippen molar-refractivity contribution < 1.29 is 4.48 Å². The SMILES string of the molecule is CCCC[C@@H](CC)CSC[N+](C)(CC)CC. The van der Waals surface area contributed by atoms with Crippen LogP contribution in [0, 0.1) is 5.92 Å². The summed E-state index contributed by atoms with van der Waals surface area (Å²) in [4.78, 5) is 0. The van der Waals surface area contributed by atoms with Crippen LogP contribution in [0.2, 0.25) is 0 Å². The van der Waals surface area contributed by atoms with Crippen LogP contribution in [-0.4, -0.2) is 36.2 Å². The summed E-state index contributed by atoms with van der Waals surface area (Å²) in [6.45, 7) is 11.8. The van der Waals surface area contributed by atoms with E-state index in [1.165, 1.54) is 54.9 Å². The van der Waals surface area contributed by atoms with Crippen molar-refractivity contribution in [3.05, 3.63) is 0 Å². The van der Waals surface area contributed by atoms with Crippen molar-refractivity contribution in [2.24, 2.45) is 5.92 Å². The number of hydrogen-bond acceptors (Lipinski definition) is 1. The van der Waals surface area contributed by atoms with Gasteiger partial charge in [-0.05, 0) is 26.2 Å². The molecule has 0 rings (SSSR count). The monoisotopic (exact) mass is 246 g/mol. The van der Waals surface area contributed by atoms with E-state index in [1.54, 1.807) is 0 Å². The average Bonchev–Trinajstić information content (AvgIpc) is 2.33. The molecule has 0 saturated carbocycles. The lowest BCUT2D eigenvalue weighted by atomic mass is 10.0. The zero-order valence-electron chi connectivity index (χ0n) is 12.1. The molecule has 0 unspecified atom stereocenters. The Labute approximate surface area is 108 Å². The Kier molecular flexibility index (Phi) is 9.53. The molecule has 0 aliphatic carbocycles. The minimum absolute atomic E-state index is 0.951. The molecule has 16 heavy (non-hydrogen) atoms. The maximum atomic E-state index is 2.37. The predicted molar refractivity (Wildman–Crippen MR) is 77.9 cm³/mol. The normalized spacial score (nSPS) is 14.1. The first-order chi connectivity index (χ1) is 7.61. The van der Waals surface area contributed by atoms with Gasteiger partial charge in [-0.15, -0.1) is 11.8 Å². The molecule has 0 aliphatic rings. The van der Waals surface area contributed by atoms with Crippen LogP contribution in [0.15, 0.2) is 0 Å². The largest absolute Gasteiger partial charge is 0.318 e. The number of quaternary nitrogens is 1. The van der Waals surface area contributed by atoms with E-state index in [0.29, 0.717) is 0 Å². The minimum Gasteiger partial charge on any atom is -0.318 e. The van der Waals surface area contributed by atoms with Gasteiger partial charge in [-0.3, -0.25) is 0 Å². The van der Waals surface area contributed by atoms with Gasteiger partial charge in [0.25, 0.3) is 0 Å². The Bertz CT molecular complexity index is 155. The average molecular weight is 246 g/mol. The molecular formula is C14H32NS+. The van der Waals surface area contributed by atoms with Crippen LogP contribution in [0.1, 0.15) is 53.4 Å². The van der Waals surface area contributed by atoms with Crippen molar-refractivity contribution in [2.75, 3.05) is 31.8 Å². The standard InChI is InChI=1S/C14H32NS/c1-6-10-11-14(7-2)12-16-13-15(5,8-3)9-4/h14H,6-13H2,1-5H3/q+1/t14-/m1/s1. The summed E-state index contributed by atoms with van der Waals surface area (Å²) in [5.74, 6) is 3.60. The molecule has 0 fully saturated rings. The van der Waals surface area contributed by atoms with Gasteiger partial charge in [0.1, 0.15) is 5.88 Å². The second kappa shape index (κ2) is 9.35. The maximum absolute atomic E-state index is 2.37. The van der Waals surface area contributed by atoms with Crippen molar-refractivity contribution in [3.8, 4) is 0 Å². The highest BCUT2D eigenvalue weighted by Gasteiger charge is 2.17. The predicted octanol–water partition coefficient (Wildman–Crippen LogP) is 4.38. The summed E-state index contributed by atoms with van der Waals surface area (Å²) in [6, 6.07) is 0. The molecule has 0 aromatic rings. The molecular weight excluding hydrogens is 214 g/mol. The van der Waals surface area contributed by atoms with Crippen LogP contribution < -0.4 is 0 Å². The molecule has 0 heterocycles. The van der Waals surface area contributed by atoms with Gasteiger partial charge < -0.3 is 4.48 Å². The third-order valence-electron chi connectivity index (χ3n) is 3.83. The second-order valence-corrected chi connectivity index (χ2v) is 6.17. The van der Waals surface area contributed by atoms with Gasteiger partial charge in [0, 0.05) is 5.75 Å². The number of rotatable bonds is 10. The molecule has 0 radical (unpaired) electrons. The van der Waals surface area contributed by atoms with Gasteiger partial charge >= 0.3 is 0 Å². The van der Waals surface area contributed by atoms with E-state index in [-0.39, 0.29) is 0 Å². The van der Waals surface area contributed by atoms with Crippen molar-refractivity contribution in [2.45, 2.75) is 53.4 Å². The molecule has 98 valence electrons. The smallest absolute Gasteiger partial charge is 0.125 e. The highest BCUT2D eigenvalue weighted by molar-refractivity contribution is 7.99. The molecule has 0 aromatic heterocycles. The van der Waals surface area contributed by atoms with E-state index < -0.39 is 0 Å². The van der Waals surface area contributed by atoms with E-state index >= 15 is 0 Å². The number of thioether (sulfide) groups is 1. The number of nitrogens with zero attached hydrogens (tertiary/aromatic N) is 1. The van der Waals surface area contributed by atoms with Crippen LogP contribution in [0.3, 0.4) is 0 Å². The fourth-order valence-corrected chi connectivity index (χ4v) is 3.39. The fourth-order valence-electron chi connectivity index (χ4n) is 1.74. The first-order valence-electron chi connectivity index (χ1n) is 7.03. The molecule has 0 aromatic carbocycles. The molecule has 0 saturated heterocycles. The van der Waals surface area contributed by atoms with E-state index in [9.17, 15) is 0 Å². The fraction of sp³-hybridized carbons (Fsp3) is 1.00. The zero-order chi connectivity index (χ0) is 12.4. The summed E-state index contributed by atoms with van der Waals surface area (Å²) >= 11 is 2.16. The summed E-state index contributed by atoms with van der Waals surface area (Å²) in [7, 11) is 2.37. The van der Waals surface area contributed by atoms with Crippen molar-refractivity contribution >= 4 is 11.8 Å². The first kappa shape index (κ1) is 16.3. The van der Waals surface area contributed by atoms with E-state index in [1.807, 2.05) is 0 Å². The van der Waals surface area contributed by atoms with E-state index in [0.717, 1.165) is 5.92 Å². The van der Waals surface area contributed by atoms with Crippen molar-refractivity contribution in [3.63, 3.8) is 0 Å². The summed E-state index contributed by atoms with van der Waals surface area (Å²) in [6.07, 6.45) is 5.54. The summed E-state index contributed by atoms with van der Waals surface area (Å²) in [5, 5.41) is 0. The molecule has 0 bridgehead atoms. The molecule has 0 spiro atoms. The maximum Gasteiger partial charge on any atom is 0.125 e. The van der Waals surface area contributed by atoms with Gasteiger partial charge in [0.05, 0.1) is 20.1 Å². The van der Waals surface area contributed by atoms with Crippen LogP contribution in [0.25, 0.3) is 0 Å². The Balaban J connectivity index is 3.76. The van der Waals surface area contributed by atoms with Gasteiger partial charge in [-0.25, -0.2) is 0 Å². The van der Waals surface area contributed by atoms with Crippen LogP contribution in [0.5, 0.6) is 0 Å². The lowest BCUT2D eigenvalue weighted by Crippen LogP contribution is -2.43. The third-order valence-corrected chi connectivity index (χ3v) is 5.34. The quantitative estimate of drug-likeness (QED) is 0.407. The Morgan fingerprint density at radius 1 is 1.06 bits per heavy atom. The first-order valence-corrected chi connectivity index (χ1v) is 8.18. The molecule has 1 atom stereocenters. The van der Waals surface area contributed by atoms with Crippen molar-refractivity contribution in [1.29, 1.82) is 0 Å². The topological polar surface area (TPSA) is 0 Å². The van der Waals surface area contributed by atoms with Crippen LogP contribution >= 0.6 is 11.8 Å². The Hall–Kier alpha value is 0.310. The highest BCUT2D eigenvalue weighted by Crippen LogP contribution is 2.20. The summed E-state index contributed by atoms with van der Waals surface area (Å²) < 4.78 is 1.22. The number of unbranched alkanes of at least 4 members (excludes halogenated alkanes) is 1. The molecule has 2 heteroatoms. The number of hydrogen-bond donors (Lipinski definition) is 0. The van der Waals surface area contributed by atoms with Gasteiger partial charge in [0.15, 0.2) is 0 Å². The second-order valence-electron chi connectivity index (χ2n) is 5.17. The van der Waals surface area contributed by atoms with Crippen molar-refractivity contribution in [1.82, 2.24) is 0 Å². The summed E-state index contributed by atoms with van der Waals surface area (Å²) in [5.41, 5.74) is 0. The van der Waals surface area contributed by atoms with Gasteiger partial charge in [-0.1, -0.05) is 33.1 Å². The zero-order valence-corrected chi connectivity index (χ0v) is 12.9. The van der Waals surface area contributed by atoms with Gasteiger partial charge in [0.2, 0.25) is 0 Å². The Morgan fingerprint density at radius 3 is 2.12 bits per heavy atom. The highest BCUT2D eigenvalue weighted by atomic mass is 32.2. The lowest BCUT2D eigenvalue weighted by Gasteiger charge is -2.32. The van der Waals surface area contributed by atoms with Gasteiger partial charge in [-0.2, -0.15) is 0 Å². The van der Waals surface area contributed by atoms with E-state index in [2.05, 4.69) is 46.5 Å². The van der Waals surface area contributed by atoms with E-state index in [4.69, 9.17) is 0 Å².